The van der Waals surface area contributed by atoms with Crippen molar-refractivity contribution in [3.05, 3.63) is 71.3 Å². The summed E-state index contributed by atoms with van der Waals surface area (Å²) in [4.78, 5) is 24.7. The summed E-state index contributed by atoms with van der Waals surface area (Å²) < 4.78 is 37.8. The van der Waals surface area contributed by atoms with Crippen molar-refractivity contribution in [1.29, 1.82) is 0 Å². The normalized spacial score (nSPS) is 12.5. The smallest absolute Gasteiger partial charge is 0.354 e. The quantitative estimate of drug-likeness (QED) is 0.702. The molecule has 0 aliphatic carbocycles. The van der Waals surface area contributed by atoms with E-state index in [9.17, 15) is 22.8 Å². The highest BCUT2D eigenvalue weighted by molar-refractivity contribution is 5.88. The first-order valence-electron chi connectivity index (χ1n) is 9.44. The van der Waals surface area contributed by atoms with Crippen molar-refractivity contribution in [1.82, 2.24) is 10.6 Å². The summed E-state index contributed by atoms with van der Waals surface area (Å²) in [6.07, 6.45) is -3.79. The summed E-state index contributed by atoms with van der Waals surface area (Å²) in [6, 6.07) is 13.4. The minimum Gasteiger partial charge on any atom is -0.354 e. The van der Waals surface area contributed by atoms with Gasteiger partial charge in [-0.1, -0.05) is 56.3 Å². The largest absolute Gasteiger partial charge is 0.416 e. The van der Waals surface area contributed by atoms with Gasteiger partial charge in [0.15, 0.2) is 0 Å². The van der Waals surface area contributed by atoms with Gasteiger partial charge in [0.1, 0.15) is 6.04 Å². The van der Waals surface area contributed by atoms with Gasteiger partial charge in [-0.05, 0) is 35.6 Å². The van der Waals surface area contributed by atoms with Gasteiger partial charge in [0.05, 0.1) is 12.0 Å². The van der Waals surface area contributed by atoms with Crippen LogP contribution < -0.4 is 10.6 Å². The molecular weight excluding hydrogens is 381 g/mol. The second-order valence-corrected chi connectivity index (χ2v) is 7.19. The van der Waals surface area contributed by atoms with Crippen LogP contribution in [-0.2, 0) is 28.6 Å². The minimum absolute atomic E-state index is 0.110. The Bertz CT molecular complexity index is 803. The number of amides is 2. The van der Waals surface area contributed by atoms with Crippen LogP contribution in [0, 0.1) is 5.92 Å². The fraction of sp³-hybridized carbons (Fsp3) is 0.364. The molecule has 0 aromatic heterocycles. The monoisotopic (exact) mass is 406 g/mol. The number of rotatable bonds is 8. The number of benzene rings is 2. The fourth-order valence-electron chi connectivity index (χ4n) is 2.84. The highest BCUT2D eigenvalue weighted by atomic mass is 19.4. The van der Waals surface area contributed by atoms with E-state index < -0.39 is 17.8 Å². The second kappa shape index (κ2) is 10.1. The van der Waals surface area contributed by atoms with E-state index in [1.54, 1.807) is 0 Å². The number of nitrogens with one attached hydrogen (secondary N) is 2. The van der Waals surface area contributed by atoms with Gasteiger partial charge in [0, 0.05) is 6.54 Å². The van der Waals surface area contributed by atoms with Crippen LogP contribution in [0.25, 0.3) is 0 Å². The van der Waals surface area contributed by atoms with Crippen molar-refractivity contribution in [3.8, 4) is 0 Å². The Kier molecular flexibility index (Phi) is 7.82. The number of halogens is 3. The zero-order valence-electron chi connectivity index (χ0n) is 16.4. The number of hydrogen-bond donors (Lipinski definition) is 2. The van der Waals surface area contributed by atoms with Gasteiger partial charge in [0.2, 0.25) is 11.8 Å². The molecule has 0 radical (unpaired) electrons. The molecule has 0 bridgehead atoms. The third kappa shape index (κ3) is 7.25. The van der Waals surface area contributed by atoms with Gasteiger partial charge in [-0.3, -0.25) is 9.59 Å². The number of hydrogen-bond acceptors (Lipinski definition) is 2. The van der Waals surface area contributed by atoms with Gasteiger partial charge in [-0.2, -0.15) is 13.2 Å². The lowest BCUT2D eigenvalue weighted by molar-refractivity contribution is -0.137. The molecule has 0 saturated heterocycles. The molecule has 0 spiro atoms. The molecule has 2 rings (SSSR count). The molecular formula is C22H25F3N2O2. The Morgan fingerprint density at radius 2 is 1.55 bits per heavy atom. The van der Waals surface area contributed by atoms with Crippen LogP contribution in [0.1, 0.15) is 30.5 Å². The first kappa shape index (κ1) is 22.5. The number of alkyl halides is 3. The summed E-state index contributed by atoms with van der Waals surface area (Å²) in [5, 5.41) is 5.51. The molecule has 0 aliphatic rings. The maximum Gasteiger partial charge on any atom is 0.416 e. The van der Waals surface area contributed by atoms with Crippen LogP contribution >= 0.6 is 0 Å². The summed E-state index contributed by atoms with van der Waals surface area (Å²) in [7, 11) is 0. The van der Waals surface area contributed by atoms with Crippen LogP contribution in [0.15, 0.2) is 54.6 Å². The molecule has 2 aromatic carbocycles. The molecule has 2 amide bonds. The molecule has 29 heavy (non-hydrogen) atoms. The van der Waals surface area contributed by atoms with E-state index in [0.717, 1.165) is 17.7 Å². The number of carbonyl (C=O) groups excluding carboxylic acids is 2. The van der Waals surface area contributed by atoms with Crippen LogP contribution in [-0.4, -0.2) is 24.4 Å². The van der Waals surface area contributed by atoms with E-state index >= 15 is 0 Å². The minimum atomic E-state index is -4.37. The van der Waals surface area contributed by atoms with Crippen molar-refractivity contribution in [3.63, 3.8) is 0 Å². The molecule has 0 fully saturated rings. The Morgan fingerprint density at radius 1 is 0.931 bits per heavy atom. The van der Waals surface area contributed by atoms with Gasteiger partial charge in [-0.15, -0.1) is 0 Å². The predicted molar refractivity (Wildman–Crippen MR) is 105 cm³/mol. The van der Waals surface area contributed by atoms with Crippen LogP contribution in [0.2, 0.25) is 0 Å². The predicted octanol–water partition coefficient (Wildman–Crippen LogP) is 3.75. The average Bonchev–Trinajstić information content (AvgIpc) is 2.66. The molecule has 0 heterocycles. The molecule has 2 N–H and O–H groups in total. The first-order chi connectivity index (χ1) is 13.7. The SMILES string of the molecule is CC(C)[C@H](NC(=O)Cc1ccccc1)C(=O)NCCc1ccc(C(F)(F)F)cc1. The highest BCUT2D eigenvalue weighted by Gasteiger charge is 2.30. The van der Waals surface area contributed by atoms with Crippen LogP contribution in [0.5, 0.6) is 0 Å². The Hall–Kier alpha value is -2.83. The maximum absolute atomic E-state index is 12.6. The molecule has 2 aromatic rings. The summed E-state index contributed by atoms with van der Waals surface area (Å²) in [6.45, 7) is 3.94. The fourth-order valence-corrected chi connectivity index (χ4v) is 2.84. The topological polar surface area (TPSA) is 58.2 Å². The van der Waals surface area contributed by atoms with Gasteiger partial charge in [0.25, 0.3) is 0 Å². The van der Waals surface area contributed by atoms with E-state index in [1.165, 1.54) is 12.1 Å². The molecule has 0 saturated carbocycles. The summed E-state index contributed by atoms with van der Waals surface area (Å²) >= 11 is 0. The third-order valence-corrected chi connectivity index (χ3v) is 4.47. The lowest BCUT2D eigenvalue weighted by Crippen LogP contribution is -2.50. The third-order valence-electron chi connectivity index (χ3n) is 4.47. The lowest BCUT2D eigenvalue weighted by atomic mass is 10.0. The molecule has 156 valence electrons. The van der Waals surface area contributed by atoms with Crippen LogP contribution in [0.4, 0.5) is 13.2 Å². The van der Waals surface area contributed by atoms with Crippen molar-refractivity contribution in [2.75, 3.05) is 6.54 Å². The average molecular weight is 406 g/mol. The van der Waals surface area contributed by atoms with Crippen molar-refractivity contribution >= 4 is 11.8 Å². The highest BCUT2D eigenvalue weighted by Crippen LogP contribution is 2.29. The van der Waals surface area contributed by atoms with E-state index in [-0.39, 0.29) is 30.7 Å². The van der Waals surface area contributed by atoms with E-state index in [0.29, 0.717) is 12.0 Å². The van der Waals surface area contributed by atoms with Crippen LogP contribution in [0.3, 0.4) is 0 Å². The maximum atomic E-state index is 12.6. The summed E-state index contributed by atoms with van der Waals surface area (Å²) in [5.41, 5.74) is 0.842. The first-order valence-corrected chi connectivity index (χ1v) is 9.44. The van der Waals surface area contributed by atoms with E-state index in [1.807, 2.05) is 44.2 Å². The van der Waals surface area contributed by atoms with E-state index in [2.05, 4.69) is 10.6 Å². The zero-order chi connectivity index (χ0) is 21.4. The Labute approximate surface area is 168 Å². The second-order valence-electron chi connectivity index (χ2n) is 7.19. The van der Waals surface area contributed by atoms with Crippen molar-refractivity contribution in [2.45, 2.75) is 38.9 Å². The van der Waals surface area contributed by atoms with Gasteiger partial charge in [-0.25, -0.2) is 0 Å². The van der Waals surface area contributed by atoms with Crippen molar-refractivity contribution in [2.24, 2.45) is 5.92 Å². The zero-order valence-corrected chi connectivity index (χ0v) is 16.4. The van der Waals surface area contributed by atoms with Gasteiger partial charge < -0.3 is 10.6 Å². The molecule has 1 atom stereocenters. The Balaban J connectivity index is 1.85. The Morgan fingerprint density at radius 3 is 2.10 bits per heavy atom. The molecule has 7 heteroatoms. The molecule has 0 unspecified atom stereocenters. The number of carbonyl (C=O) groups is 2. The van der Waals surface area contributed by atoms with Gasteiger partial charge >= 0.3 is 6.18 Å². The standard InChI is InChI=1S/C22H25F3N2O2/c1-15(2)20(27-19(28)14-17-6-4-3-5-7-17)21(29)26-13-12-16-8-10-18(11-9-16)22(23,24)25/h3-11,15,20H,12-14H2,1-2H3,(H,26,29)(H,27,28)/t20-/m0/s1. The molecule has 0 aliphatic heterocycles. The lowest BCUT2D eigenvalue weighted by Gasteiger charge is -2.22. The molecule has 4 nitrogen and oxygen atoms in total. The van der Waals surface area contributed by atoms with E-state index in [4.69, 9.17) is 0 Å². The summed E-state index contributed by atoms with van der Waals surface area (Å²) in [5.74, 6) is -0.665. The van der Waals surface area contributed by atoms with Crippen molar-refractivity contribution < 1.29 is 22.8 Å².